The van der Waals surface area contributed by atoms with Crippen molar-refractivity contribution in [3.05, 3.63) is 16.6 Å². The van der Waals surface area contributed by atoms with Crippen molar-refractivity contribution < 1.29 is 14.7 Å². The van der Waals surface area contributed by atoms with E-state index >= 15 is 0 Å². The van der Waals surface area contributed by atoms with Crippen molar-refractivity contribution >= 4 is 23.3 Å². The van der Waals surface area contributed by atoms with Crippen LogP contribution in [0.2, 0.25) is 0 Å². The van der Waals surface area contributed by atoms with Gasteiger partial charge in [-0.15, -0.1) is 11.3 Å². The second kappa shape index (κ2) is 10.1. The molecule has 1 atom stereocenters. The molecule has 0 aliphatic heterocycles. The average molecular weight is 313 g/mol. The van der Waals surface area contributed by atoms with Gasteiger partial charge in [0.25, 0.3) is 0 Å². The number of carbonyl (C=O) groups excluding carboxylic acids is 1. The minimum absolute atomic E-state index is 0.195. The van der Waals surface area contributed by atoms with E-state index < -0.39 is 5.97 Å². The zero-order valence-corrected chi connectivity index (χ0v) is 13.1. The molecule has 1 aromatic rings. The van der Waals surface area contributed by atoms with Crippen LogP contribution in [0.1, 0.15) is 44.7 Å². The number of carboxylic acids is 1. The van der Waals surface area contributed by atoms with Gasteiger partial charge < -0.3 is 15.7 Å². The minimum Gasteiger partial charge on any atom is -0.481 e. The highest BCUT2D eigenvalue weighted by Crippen LogP contribution is 2.17. The molecule has 1 unspecified atom stereocenters. The highest BCUT2D eigenvalue weighted by molar-refractivity contribution is 7.07. The highest BCUT2D eigenvalue weighted by atomic mass is 32.1. The van der Waals surface area contributed by atoms with Crippen LogP contribution in [0.5, 0.6) is 0 Å². The Balaban J connectivity index is 2.16. The van der Waals surface area contributed by atoms with Crippen LogP contribution < -0.4 is 10.6 Å². The van der Waals surface area contributed by atoms with Gasteiger partial charge in [-0.25, -0.2) is 9.78 Å². The molecular weight excluding hydrogens is 290 g/mol. The van der Waals surface area contributed by atoms with E-state index in [0.29, 0.717) is 25.4 Å². The van der Waals surface area contributed by atoms with E-state index in [1.54, 1.807) is 5.51 Å². The summed E-state index contributed by atoms with van der Waals surface area (Å²) in [7, 11) is 0. The number of carbonyl (C=O) groups is 2. The molecule has 3 N–H and O–H groups in total. The van der Waals surface area contributed by atoms with E-state index in [1.807, 2.05) is 5.38 Å². The summed E-state index contributed by atoms with van der Waals surface area (Å²) in [6.07, 6.45) is 3.70. The summed E-state index contributed by atoms with van der Waals surface area (Å²) < 4.78 is 0. The Morgan fingerprint density at radius 2 is 2.14 bits per heavy atom. The summed E-state index contributed by atoms with van der Waals surface area (Å²) in [5, 5.41) is 16.2. The molecule has 7 heteroatoms. The fourth-order valence-corrected chi connectivity index (χ4v) is 2.68. The Kier molecular flexibility index (Phi) is 8.42. The largest absolute Gasteiger partial charge is 0.481 e. The molecular formula is C14H23N3O3S. The summed E-state index contributed by atoms with van der Waals surface area (Å²) in [4.78, 5) is 26.3. The number of carboxylic acid groups (broad SMARTS) is 1. The number of urea groups is 1. The molecule has 0 aromatic carbocycles. The third-order valence-electron chi connectivity index (χ3n) is 3.22. The fraction of sp³-hybridized carbons (Fsp3) is 0.643. The number of amides is 2. The standard InChI is InChI=1S/C14H23N3O3S/c1-2-3-11(4-5-13(18)19)6-7-15-14(20)16-8-12-9-21-10-17-12/h9-11H,2-8H2,1H3,(H,18,19)(H2,15,16,20). The molecule has 21 heavy (non-hydrogen) atoms. The maximum atomic E-state index is 11.6. The quantitative estimate of drug-likeness (QED) is 0.619. The maximum Gasteiger partial charge on any atom is 0.315 e. The van der Waals surface area contributed by atoms with Gasteiger partial charge in [0, 0.05) is 18.3 Å². The summed E-state index contributed by atoms with van der Waals surface area (Å²) >= 11 is 1.50. The number of aromatic nitrogens is 1. The van der Waals surface area contributed by atoms with E-state index in [4.69, 9.17) is 5.11 Å². The lowest BCUT2D eigenvalue weighted by atomic mass is 9.94. The maximum absolute atomic E-state index is 11.6. The Labute approximate surface area is 129 Å². The lowest BCUT2D eigenvalue weighted by Crippen LogP contribution is -2.36. The van der Waals surface area contributed by atoms with E-state index in [1.165, 1.54) is 11.3 Å². The topological polar surface area (TPSA) is 91.3 Å². The Morgan fingerprint density at radius 3 is 2.76 bits per heavy atom. The van der Waals surface area contributed by atoms with Crippen LogP contribution in [0.25, 0.3) is 0 Å². The molecule has 0 fully saturated rings. The van der Waals surface area contributed by atoms with Crippen LogP contribution in [0.4, 0.5) is 4.79 Å². The normalized spacial score (nSPS) is 11.9. The van der Waals surface area contributed by atoms with Crippen molar-refractivity contribution in [2.75, 3.05) is 6.54 Å². The van der Waals surface area contributed by atoms with E-state index in [9.17, 15) is 9.59 Å². The average Bonchev–Trinajstić information content (AvgIpc) is 2.95. The summed E-state index contributed by atoms with van der Waals surface area (Å²) in [6, 6.07) is -0.212. The molecule has 0 bridgehead atoms. The van der Waals surface area contributed by atoms with Crippen LogP contribution in [-0.2, 0) is 11.3 Å². The third kappa shape index (κ3) is 8.29. The Hall–Kier alpha value is -1.63. The van der Waals surface area contributed by atoms with Crippen molar-refractivity contribution in [1.29, 1.82) is 0 Å². The van der Waals surface area contributed by atoms with Gasteiger partial charge in [0.05, 0.1) is 17.7 Å². The first-order valence-corrected chi connectivity index (χ1v) is 8.16. The summed E-state index contributed by atoms with van der Waals surface area (Å²) in [5.74, 6) is -0.407. The number of hydrogen-bond donors (Lipinski definition) is 3. The van der Waals surface area contributed by atoms with Gasteiger partial charge in [-0.05, 0) is 18.8 Å². The van der Waals surface area contributed by atoms with E-state index in [0.717, 1.165) is 25.0 Å². The number of aliphatic carboxylic acids is 1. The summed E-state index contributed by atoms with van der Waals surface area (Å²) in [5.41, 5.74) is 2.58. The first-order chi connectivity index (χ1) is 10.1. The number of hydrogen-bond acceptors (Lipinski definition) is 4. The van der Waals surface area contributed by atoms with Crippen LogP contribution in [-0.4, -0.2) is 28.6 Å². The molecule has 1 heterocycles. The number of thiazole rings is 1. The Bertz CT molecular complexity index is 423. The Morgan fingerprint density at radius 1 is 1.33 bits per heavy atom. The molecule has 6 nitrogen and oxygen atoms in total. The molecule has 0 saturated heterocycles. The molecule has 0 aliphatic rings. The first kappa shape index (κ1) is 17.4. The van der Waals surface area contributed by atoms with Crippen LogP contribution in [0, 0.1) is 5.92 Å². The highest BCUT2D eigenvalue weighted by Gasteiger charge is 2.10. The molecule has 0 aliphatic carbocycles. The molecule has 118 valence electrons. The molecule has 0 spiro atoms. The second-order valence-corrected chi connectivity index (χ2v) is 5.68. The van der Waals surface area contributed by atoms with Crippen LogP contribution in [0.15, 0.2) is 10.9 Å². The second-order valence-electron chi connectivity index (χ2n) is 4.97. The monoisotopic (exact) mass is 313 g/mol. The van der Waals surface area contributed by atoms with Crippen LogP contribution in [0.3, 0.4) is 0 Å². The van der Waals surface area contributed by atoms with Gasteiger partial charge in [-0.1, -0.05) is 19.8 Å². The van der Waals surface area contributed by atoms with Crippen molar-refractivity contribution in [3.8, 4) is 0 Å². The fourth-order valence-electron chi connectivity index (χ4n) is 2.12. The predicted octanol–water partition coefficient (Wildman–Crippen LogP) is 2.61. The van der Waals surface area contributed by atoms with Gasteiger partial charge in [-0.3, -0.25) is 4.79 Å². The van der Waals surface area contributed by atoms with Gasteiger partial charge >= 0.3 is 12.0 Å². The number of nitrogens with zero attached hydrogens (tertiary/aromatic N) is 1. The molecule has 0 saturated carbocycles. The summed E-state index contributed by atoms with van der Waals surface area (Å²) in [6.45, 7) is 3.07. The third-order valence-corrected chi connectivity index (χ3v) is 3.85. The molecule has 1 aromatic heterocycles. The van der Waals surface area contributed by atoms with Crippen molar-refractivity contribution in [2.45, 2.75) is 45.6 Å². The zero-order chi connectivity index (χ0) is 15.5. The van der Waals surface area contributed by atoms with Gasteiger partial charge in [-0.2, -0.15) is 0 Å². The molecule has 2 amide bonds. The van der Waals surface area contributed by atoms with Gasteiger partial charge in [0.2, 0.25) is 0 Å². The lowest BCUT2D eigenvalue weighted by Gasteiger charge is -2.15. The van der Waals surface area contributed by atoms with E-state index in [-0.39, 0.29) is 12.5 Å². The zero-order valence-electron chi connectivity index (χ0n) is 12.3. The first-order valence-electron chi connectivity index (χ1n) is 7.22. The van der Waals surface area contributed by atoms with E-state index in [2.05, 4.69) is 22.5 Å². The number of nitrogens with one attached hydrogen (secondary N) is 2. The van der Waals surface area contributed by atoms with Crippen molar-refractivity contribution in [3.63, 3.8) is 0 Å². The van der Waals surface area contributed by atoms with Crippen molar-refractivity contribution in [2.24, 2.45) is 5.92 Å². The number of rotatable bonds is 10. The lowest BCUT2D eigenvalue weighted by molar-refractivity contribution is -0.137. The SMILES string of the molecule is CCCC(CCNC(=O)NCc1cscn1)CCC(=O)O. The van der Waals surface area contributed by atoms with Crippen LogP contribution >= 0.6 is 11.3 Å². The predicted molar refractivity (Wildman–Crippen MR) is 82.2 cm³/mol. The smallest absolute Gasteiger partial charge is 0.315 e. The minimum atomic E-state index is -0.759. The molecule has 1 rings (SSSR count). The van der Waals surface area contributed by atoms with Crippen molar-refractivity contribution in [1.82, 2.24) is 15.6 Å². The van der Waals surface area contributed by atoms with Gasteiger partial charge in [0.15, 0.2) is 0 Å². The van der Waals surface area contributed by atoms with Gasteiger partial charge in [0.1, 0.15) is 0 Å². The molecule has 0 radical (unpaired) electrons.